The van der Waals surface area contributed by atoms with Gasteiger partial charge in [-0.25, -0.2) is 4.79 Å². The molecule has 0 bridgehead atoms. The van der Waals surface area contributed by atoms with E-state index in [0.717, 1.165) is 30.8 Å². The molecular weight excluding hydrogens is 362 g/mol. The van der Waals surface area contributed by atoms with Gasteiger partial charge in [0.05, 0.1) is 19.3 Å². The fourth-order valence-corrected chi connectivity index (χ4v) is 3.80. The van der Waals surface area contributed by atoms with Gasteiger partial charge in [-0.3, -0.25) is 0 Å². The number of ether oxygens (including phenoxy) is 2. The summed E-state index contributed by atoms with van der Waals surface area (Å²) in [6.07, 6.45) is 1.99. The first-order chi connectivity index (χ1) is 13.6. The molecule has 2 aromatic carbocycles. The van der Waals surface area contributed by atoms with Crippen molar-refractivity contribution < 1.29 is 14.3 Å². The largest absolute Gasteiger partial charge is 0.494 e. The Morgan fingerprint density at radius 3 is 2.31 bits per heavy atom. The molecule has 0 amide bonds. The topological polar surface area (TPSA) is 47.6 Å². The summed E-state index contributed by atoms with van der Waals surface area (Å²) in [5.74, 6) is 0.569. The van der Waals surface area contributed by atoms with E-state index in [1.807, 2.05) is 12.1 Å². The molecule has 0 saturated heterocycles. The molecule has 2 aromatic rings. The Morgan fingerprint density at radius 2 is 1.69 bits per heavy atom. The average molecular weight is 398 g/mol. The van der Waals surface area contributed by atoms with Gasteiger partial charge in [-0.1, -0.05) is 52.8 Å². The molecule has 0 aliphatic carbocycles. The van der Waals surface area contributed by atoms with E-state index in [-0.39, 0.29) is 11.4 Å². The number of rotatable bonds is 9. The molecule has 1 N–H and O–H groups in total. The molecule has 4 heteroatoms. The lowest BCUT2D eigenvalue weighted by Crippen LogP contribution is -2.24. The third kappa shape index (κ3) is 7.45. The maximum absolute atomic E-state index is 11.6. The van der Waals surface area contributed by atoms with Crippen LogP contribution in [0.5, 0.6) is 5.75 Å². The SMILES string of the molecule is COC(=O)c1cccc(NCCCOc2ccc(C(C)(C)CC(C)(C)C)cc2)c1. The van der Waals surface area contributed by atoms with E-state index < -0.39 is 0 Å². The van der Waals surface area contributed by atoms with E-state index in [1.54, 1.807) is 12.1 Å². The van der Waals surface area contributed by atoms with Crippen molar-refractivity contribution in [3.05, 3.63) is 59.7 Å². The van der Waals surface area contributed by atoms with Crippen molar-refractivity contribution in [2.45, 2.75) is 52.9 Å². The molecule has 29 heavy (non-hydrogen) atoms. The first-order valence-electron chi connectivity index (χ1n) is 10.3. The molecule has 0 fully saturated rings. The van der Waals surface area contributed by atoms with Crippen LogP contribution >= 0.6 is 0 Å². The first kappa shape index (κ1) is 22.8. The smallest absolute Gasteiger partial charge is 0.337 e. The number of hydrogen-bond donors (Lipinski definition) is 1. The highest BCUT2D eigenvalue weighted by molar-refractivity contribution is 5.90. The van der Waals surface area contributed by atoms with E-state index >= 15 is 0 Å². The van der Waals surface area contributed by atoms with Crippen LogP contribution in [0.2, 0.25) is 0 Å². The van der Waals surface area contributed by atoms with Gasteiger partial charge in [0, 0.05) is 12.2 Å². The summed E-state index contributed by atoms with van der Waals surface area (Å²) in [5, 5.41) is 3.31. The number of benzene rings is 2. The molecule has 0 heterocycles. The van der Waals surface area contributed by atoms with Crippen LogP contribution < -0.4 is 10.1 Å². The van der Waals surface area contributed by atoms with Crippen molar-refractivity contribution in [3.8, 4) is 5.75 Å². The highest BCUT2D eigenvalue weighted by Gasteiger charge is 2.27. The Bertz CT molecular complexity index is 788. The van der Waals surface area contributed by atoms with Crippen molar-refractivity contribution in [1.29, 1.82) is 0 Å². The minimum Gasteiger partial charge on any atom is -0.494 e. The van der Waals surface area contributed by atoms with E-state index in [0.29, 0.717) is 17.6 Å². The van der Waals surface area contributed by atoms with Gasteiger partial charge in [0.25, 0.3) is 0 Å². The van der Waals surface area contributed by atoms with Crippen molar-refractivity contribution in [3.63, 3.8) is 0 Å². The Balaban J connectivity index is 1.78. The third-order valence-electron chi connectivity index (χ3n) is 4.81. The molecular formula is C25H35NO3. The number of anilines is 1. The lowest BCUT2D eigenvalue weighted by Gasteiger charge is -2.33. The van der Waals surface area contributed by atoms with Crippen LogP contribution in [0.4, 0.5) is 5.69 Å². The summed E-state index contributed by atoms with van der Waals surface area (Å²) in [6.45, 7) is 12.9. The highest BCUT2D eigenvalue weighted by Crippen LogP contribution is 2.36. The fourth-order valence-electron chi connectivity index (χ4n) is 3.80. The predicted octanol–water partition coefficient (Wildman–Crippen LogP) is 6.07. The van der Waals surface area contributed by atoms with Gasteiger partial charge in [-0.2, -0.15) is 0 Å². The minimum absolute atomic E-state index is 0.138. The second-order valence-corrected chi connectivity index (χ2v) is 9.35. The maximum atomic E-state index is 11.6. The number of methoxy groups -OCH3 is 1. The molecule has 0 aliphatic rings. The first-order valence-corrected chi connectivity index (χ1v) is 10.3. The Hall–Kier alpha value is -2.49. The molecule has 4 nitrogen and oxygen atoms in total. The van der Waals surface area contributed by atoms with Crippen LogP contribution in [0.25, 0.3) is 0 Å². The lowest BCUT2D eigenvalue weighted by molar-refractivity contribution is 0.0601. The van der Waals surface area contributed by atoms with Gasteiger partial charge < -0.3 is 14.8 Å². The summed E-state index contributed by atoms with van der Waals surface area (Å²) in [5.41, 5.74) is 3.22. The van der Waals surface area contributed by atoms with E-state index in [9.17, 15) is 4.79 Å². The number of carbonyl (C=O) groups excluding carboxylic acids is 1. The summed E-state index contributed by atoms with van der Waals surface area (Å²) < 4.78 is 10.6. The molecule has 0 atom stereocenters. The molecule has 0 unspecified atom stereocenters. The zero-order valence-electron chi connectivity index (χ0n) is 18.7. The molecule has 0 spiro atoms. The summed E-state index contributed by atoms with van der Waals surface area (Å²) in [7, 11) is 1.39. The van der Waals surface area contributed by atoms with Gasteiger partial charge in [-0.05, 0) is 59.6 Å². The third-order valence-corrected chi connectivity index (χ3v) is 4.81. The van der Waals surface area contributed by atoms with Crippen LogP contribution in [0.1, 0.15) is 63.4 Å². The number of nitrogens with one attached hydrogen (secondary N) is 1. The molecule has 158 valence electrons. The van der Waals surface area contributed by atoms with E-state index in [2.05, 4.69) is 64.2 Å². The van der Waals surface area contributed by atoms with Crippen molar-refractivity contribution >= 4 is 11.7 Å². The van der Waals surface area contributed by atoms with Crippen molar-refractivity contribution in [1.82, 2.24) is 0 Å². The van der Waals surface area contributed by atoms with Crippen molar-refractivity contribution in [2.75, 3.05) is 25.6 Å². The minimum atomic E-state index is -0.328. The molecule has 0 radical (unpaired) electrons. The molecule has 2 rings (SSSR count). The number of carbonyl (C=O) groups is 1. The van der Waals surface area contributed by atoms with Gasteiger partial charge in [0.2, 0.25) is 0 Å². The second-order valence-electron chi connectivity index (χ2n) is 9.35. The second kappa shape index (κ2) is 9.82. The average Bonchev–Trinajstić information content (AvgIpc) is 2.66. The zero-order valence-corrected chi connectivity index (χ0v) is 18.7. The summed E-state index contributed by atoms with van der Waals surface area (Å²) in [4.78, 5) is 11.6. The van der Waals surface area contributed by atoms with Crippen LogP contribution in [0, 0.1) is 5.41 Å². The van der Waals surface area contributed by atoms with Crippen LogP contribution in [0.15, 0.2) is 48.5 Å². The molecule has 0 saturated carbocycles. The van der Waals surface area contributed by atoms with Gasteiger partial charge in [0.15, 0.2) is 0 Å². The Kier molecular flexibility index (Phi) is 7.72. The Morgan fingerprint density at radius 1 is 1.00 bits per heavy atom. The highest BCUT2D eigenvalue weighted by atomic mass is 16.5. The predicted molar refractivity (Wildman–Crippen MR) is 120 cm³/mol. The summed E-state index contributed by atoms with van der Waals surface area (Å²) in [6, 6.07) is 15.8. The summed E-state index contributed by atoms with van der Waals surface area (Å²) >= 11 is 0. The van der Waals surface area contributed by atoms with Crippen LogP contribution in [0.3, 0.4) is 0 Å². The van der Waals surface area contributed by atoms with Crippen LogP contribution in [-0.4, -0.2) is 26.2 Å². The van der Waals surface area contributed by atoms with Crippen molar-refractivity contribution in [2.24, 2.45) is 5.41 Å². The lowest BCUT2D eigenvalue weighted by atomic mass is 9.72. The van der Waals surface area contributed by atoms with Gasteiger partial charge in [0.1, 0.15) is 5.75 Å². The quantitative estimate of drug-likeness (QED) is 0.412. The fraction of sp³-hybridized carbons (Fsp3) is 0.480. The normalized spacial score (nSPS) is 11.8. The van der Waals surface area contributed by atoms with Gasteiger partial charge in [-0.15, -0.1) is 0 Å². The van der Waals surface area contributed by atoms with Gasteiger partial charge >= 0.3 is 5.97 Å². The van der Waals surface area contributed by atoms with E-state index in [1.165, 1.54) is 12.7 Å². The Labute approximate surface area is 175 Å². The molecule has 0 aliphatic heterocycles. The maximum Gasteiger partial charge on any atom is 0.337 e. The van der Waals surface area contributed by atoms with Crippen LogP contribution in [-0.2, 0) is 10.2 Å². The monoisotopic (exact) mass is 397 g/mol. The zero-order chi connectivity index (χ0) is 21.5. The molecule has 0 aromatic heterocycles. The number of esters is 1. The van der Waals surface area contributed by atoms with E-state index in [4.69, 9.17) is 9.47 Å². The standard InChI is InChI=1S/C25H35NO3/c1-24(2,3)18-25(4,5)20-11-13-22(14-12-20)29-16-8-15-26-21-10-7-9-19(17-21)23(27)28-6/h7,9-14,17,26H,8,15-16,18H2,1-6H3. The number of hydrogen-bond acceptors (Lipinski definition) is 4.